The maximum atomic E-state index is 11.9. The van der Waals surface area contributed by atoms with Gasteiger partial charge in [-0.2, -0.15) is 0 Å². The molecule has 2 N–H and O–H groups in total. The predicted molar refractivity (Wildman–Crippen MR) is 68.4 cm³/mol. The molecular formula is C11H23ClN2O3. The van der Waals surface area contributed by atoms with Gasteiger partial charge in [0.2, 0.25) is 0 Å². The Labute approximate surface area is 109 Å². The summed E-state index contributed by atoms with van der Waals surface area (Å²) in [5.74, 6) is 0. The van der Waals surface area contributed by atoms with Crippen molar-refractivity contribution in [3.63, 3.8) is 0 Å². The molecule has 0 saturated carbocycles. The Morgan fingerprint density at radius 3 is 2.59 bits per heavy atom. The number of amides is 1. The molecular weight excluding hydrogens is 244 g/mol. The van der Waals surface area contributed by atoms with Crippen molar-refractivity contribution < 1.29 is 14.3 Å². The van der Waals surface area contributed by atoms with E-state index in [1.165, 1.54) is 0 Å². The third kappa shape index (κ3) is 5.10. The van der Waals surface area contributed by atoms with Gasteiger partial charge in [-0.05, 0) is 27.7 Å². The molecule has 0 unspecified atom stereocenters. The van der Waals surface area contributed by atoms with Gasteiger partial charge in [-0.1, -0.05) is 0 Å². The highest BCUT2D eigenvalue weighted by molar-refractivity contribution is 5.85. The number of ether oxygens (including phenoxy) is 2. The van der Waals surface area contributed by atoms with Crippen molar-refractivity contribution in [1.82, 2.24) is 4.90 Å². The zero-order valence-electron chi connectivity index (χ0n) is 10.9. The molecule has 1 fully saturated rings. The van der Waals surface area contributed by atoms with Gasteiger partial charge in [0.25, 0.3) is 0 Å². The highest BCUT2D eigenvalue weighted by atomic mass is 35.5. The van der Waals surface area contributed by atoms with E-state index < -0.39 is 5.60 Å². The fourth-order valence-electron chi connectivity index (χ4n) is 1.53. The lowest BCUT2D eigenvalue weighted by Crippen LogP contribution is -2.54. The van der Waals surface area contributed by atoms with Gasteiger partial charge in [0.05, 0.1) is 25.3 Å². The number of halogens is 1. The van der Waals surface area contributed by atoms with E-state index in [9.17, 15) is 4.79 Å². The van der Waals surface area contributed by atoms with Crippen LogP contribution in [0.5, 0.6) is 0 Å². The molecule has 1 aliphatic heterocycles. The number of rotatable bonds is 1. The van der Waals surface area contributed by atoms with Crippen LogP contribution in [0.4, 0.5) is 4.79 Å². The standard InChI is InChI=1S/C11H22N2O3.ClH/c1-8-7-15-9(5-12)6-13(8)10(14)16-11(2,3)4;/h8-9H,5-7,12H2,1-4H3;1H/t8-,9+;/m1./s1. The normalized spacial score (nSPS) is 25.1. The minimum atomic E-state index is -0.465. The average Bonchev–Trinajstić information content (AvgIpc) is 2.15. The van der Waals surface area contributed by atoms with E-state index in [0.717, 1.165) is 0 Å². The Kier molecular flexibility index (Phi) is 6.23. The molecule has 6 heteroatoms. The Hall–Kier alpha value is -0.520. The second kappa shape index (κ2) is 6.42. The van der Waals surface area contributed by atoms with E-state index >= 15 is 0 Å². The van der Waals surface area contributed by atoms with E-state index in [1.54, 1.807) is 4.90 Å². The second-order valence-corrected chi connectivity index (χ2v) is 5.17. The van der Waals surface area contributed by atoms with Crippen LogP contribution in [0.3, 0.4) is 0 Å². The summed E-state index contributed by atoms with van der Waals surface area (Å²) in [7, 11) is 0. The Bertz CT molecular complexity index is 256. The number of carbonyl (C=O) groups is 1. The highest BCUT2D eigenvalue weighted by Crippen LogP contribution is 2.16. The van der Waals surface area contributed by atoms with Gasteiger partial charge in [-0.3, -0.25) is 0 Å². The van der Waals surface area contributed by atoms with Gasteiger partial charge < -0.3 is 20.1 Å². The first-order valence-electron chi connectivity index (χ1n) is 5.65. The molecule has 1 rings (SSSR count). The summed E-state index contributed by atoms with van der Waals surface area (Å²) >= 11 is 0. The summed E-state index contributed by atoms with van der Waals surface area (Å²) in [5, 5.41) is 0. The van der Waals surface area contributed by atoms with Gasteiger partial charge in [-0.15, -0.1) is 12.4 Å². The quantitative estimate of drug-likeness (QED) is 0.779. The molecule has 1 saturated heterocycles. The van der Waals surface area contributed by atoms with Crippen LogP contribution in [0.2, 0.25) is 0 Å². The first-order valence-corrected chi connectivity index (χ1v) is 5.65. The SMILES string of the molecule is C[C@@H]1CO[C@@H](CN)CN1C(=O)OC(C)(C)C.Cl. The summed E-state index contributed by atoms with van der Waals surface area (Å²) in [5.41, 5.74) is 5.07. The van der Waals surface area contributed by atoms with Crippen molar-refractivity contribution in [3.05, 3.63) is 0 Å². The molecule has 0 aromatic heterocycles. The molecule has 0 aliphatic carbocycles. The first kappa shape index (κ1) is 16.5. The van der Waals surface area contributed by atoms with Gasteiger partial charge >= 0.3 is 6.09 Å². The van der Waals surface area contributed by atoms with Crippen molar-refractivity contribution in [1.29, 1.82) is 0 Å². The summed E-state index contributed by atoms with van der Waals surface area (Å²) in [4.78, 5) is 13.6. The molecule has 1 aliphatic rings. The van der Waals surface area contributed by atoms with Crippen molar-refractivity contribution in [2.24, 2.45) is 5.73 Å². The van der Waals surface area contributed by atoms with Gasteiger partial charge in [0, 0.05) is 6.54 Å². The van der Waals surface area contributed by atoms with Crippen LogP contribution in [-0.4, -0.2) is 48.4 Å². The lowest BCUT2D eigenvalue weighted by Gasteiger charge is -2.38. The molecule has 5 nitrogen and oxygen atoms in total. The molecule has 0 aromatic carbocycles. The van der Waals surface area contributed by atoms with Crippen LogP contribution in [0, 0.1) is 0 Å². The fraction of sp³-hybridized carbons (Fsp3) is 0.909. The lowest BCUT2D eigenvalue weighted by molar-refractivity contribution is -0.0617. The van der Waals surface area contributed by atoms with E-state index in [1.807, 2.05) is 27.7 Å². The molecule has 1 heterocycles. The second-order valence-electron chi connectivity index (χ2n) is 5.17. The summed E-state index contributed by atoms with van der Waals surface area (Å²) in [6.07, 6.45) is -0.370. The van der Waals surface area contributed by atoms with Crippen LogP contribution in [0.15, 0.2) is 0 Å². The van der Waals surface area contributed by atoms with Crippen LogP contribution in [-0.2, 0) is 9.47 Å². The zero-order valence-corrected chi connectivity index (χ0v) is 11.8. The van der Waals surface area contributed by atoms with Crippen molar-refractivity contribution in [2.75, 3.05) is 19.7 Å². The van der Waals surface area contributed by atoms with Crippen LogP contribution < -0.4 is 5.73 Å². The highest BCUT2D eigenvalue weighted by Gasteiger charge is 2.31. The number of hydrogen-bond donors (Lipinski definition) is 1. The first-order chi connectivity index (χ1) is 7.33. The topological polar surface area (TPSA) is 64.8 Å². The summed E-state index contributed by atoms with van der Waals surface area (Å²) < 4.78 is 10.8. The number of hydrogen-bond acceptors (Lipinski definition) is 4. The Morgan fingerprint density at radius 1 is 1.53 bits per heavy atom. The third-order valence-corrected chi connectivity index (χ3v) is 2.40. The van der Waals surface area contributed by atoms with Gasteiger partial charge in [0.15, 0.2) is 0 Å². The van der Waals surface area contributed by atoms with Crippen molar-refractivity contribution in [2.45, 2.75) is 45.4 Å². The van der Waals surface area contributed by atoms with E-state index in [0.29, 0.717) is 19.7 Å². The Balaban J connectivity index is 0.00000256. The zero-order chi connectivity index (χ0) is 12.3. The molecule has 0 radical (unpaired) electrons. The summed E-state index contributed by atoms with van der Waals surface area (Å²) in [6, 6.07) is 0.0395. The largest absolute Gasteiger partial charge is 0.444 e. The summed E-state index contributed by atoms with van der Waals surface area (Å²) in [6.45, 7) is 8.96. The molecule has 102 valence electrons. The predicted octanol–water partition coefficient (Wildman–Crippen LogP) is 1.39. The Morgan fingerprint density at radius 2 is 2.12 bits per heavy atom. The van der Waals surface area contributed by atoms with Crippen LogP contribution in [0.25, 0.3) is 0 Å². The molecule has 0 aromatic rings. The molecule has 0 spiro atoms. The minimum absolute atomic E-state index is 0. The monoisotopic (exact) mass is 266 g/mol. The van der Waals surface area contributed by atoms with E-state index in [4.69, 9.17) is 15.2 Å². The maximum Gasteiger partial charge on any atom is 0.410 e. The molecule has 0 bridgehead atoms. The van der Waals surface area contributed by atoms with Crippen LogP contribution in [0.1, 0.15) is 27.7 Å². The fourth-order valence-corrected chi connectivity index (χ4v) is 1.53. The number of nitrogens with zero attached hydrogens (tertiary/aromatic N) is 1. The molecule has 1 amide bonds. The number of nitrogens with two attached hydrogens (primary N) is 1. The van der Waals surface area contributed by atoms with Crippen molar-refractivity contribution >= 4 is 18.5 Å². The lowest BCUT2D eigenvalue weighted by atomic mass is 10.2. The van der Waals surface area contributed by atoms with E-state index in [2.05, 4.69) is 0 Å². The maximum absolute atomic E-state index is 11.9. The smallest absolute Gasteiger partial charge is 0.410 e. The number of morpholine rings is 1. The molecule has 17 heavy (non-hydrogen) atoms. The van der Waals surface area contributed by atoms with Crippen LogP contribution >= 0.6 is 12.4 Å². The molecule has 2 atom stereocenters. The average molecular weight is 267 g/mol. The minimum Gasteiger partial charge on any atom is -0.444 e. The van der Waals surface area contributed by atoms with Crippen molar-refractivity contribution in [3.8, 4) is 0 Å². The number of carbonyl (C=O) groups excluding carboxylic acids is 1. The van der Waals surface area contributed by atoms with Gasteiger partial charge in [-0.25, -0.2) is 4.79 Å². The third-order valence-electron chi connectivity index (χ3n) is 2.40. The van der Waals surface area contributed by atoms with Gasteiger partial charge in [0.1, 0.15) is 5.60 Å². The van der Waals surface area contributed by atoms with E-state index in [-0.39, 0.29) is 30.6 Å².